The highest BCUT2D eigenvalue weighted by Crippen LogP contribution is 2.37. The van der Waals surface area contributed by atoms with Gasteiger partial charge in [0.25, 0.3) is 0 Å². The summed E-state index contributed by atoms with van der Waals surface area (Å²) in [6, 6.07) is 21.6. The summed E-state index contributed by atoms with van der Waals surface area (Å²) >= 11 is 0. The number of hydrogen-bond acceptors (Lipinski definition) is 2. The Morgan fingerprint density at radius 2 is 1.67 bits per heavy atom. The van der Waals surface area contributed by atoms with Gasteiger partial charge in [-0.25, -0.2) is 0 Å². The predicted octanol–water partition coefficient (Wildman–Crippen LogP) is 4.68. The van der Waals surface area contributed by atoms with Crippen LogP contribution in [-0.4, -0.2) is 24.1 Å². The lowest BCUT2D eigenvalue weighted by atomic mass is 9.82. The molecule has 0 radical (unpaired) electrons. The van der Waals surface area contributed by atoms with Crippen molar-refractivity contribution in [2.45, 2.75) is 31.8 Å². The topological polar surface area (TPSA) is 12.5 Å². The lowest BCUT2D eigenvalue weighted by Gasteiger charge is -2.34. The smallest absolute Gasteiger partial charge is 0.119 e. The van der Waals surface area contributed by atoms with Gasteiger partial charge in [-0.3, -0.25) is 4.90 Å². The zero-order valence-corrected chi connectivity index (χ0v) is 14.1. The molecule has 1 fully saturated rings. The summed E-state index contributed by atoms with van der Waals surface area (Å²) in [7, 11) is 0. The molecule has 2 aromatic rings. The molecule has 2 aromatic carbocycles. The normalized spacial score (nSPS) is 23.6. The summed E-state index contributed by atoms with van der Waals surface area (Å²) in [5.41, 5.74) is 3.03. The summed E-state index contributed by atoms with van der Waals surface area (Å²) in [6.45, 7) is 2.94. The molecule has 4 rings (SSSR count). The fourth-order valence-electron chi connectivity index (χ4n) is 4.09. The van der Waals surface area contributed by atoms with Crippen molar-refractivity contribution in [1.82, 2.24) is 4.90 Å². The zero-order valence-electron chi connectivity index (χ0n) is 14.1. The van der Waals surface area contributed by atoms with Crippen molar-refractivity contribution in [3.05, 3.63) is 77.9 Å². The van der Waals surface area contributed by atoms with E-state index in [4.69, 9.17) is 4.74 Å². The van der Waals surface area contributed by atoms with E-state index in [1.165, 1.54) is 24.8 Å². The highest BCUT2D eigenvalue weighted by atomic mass is 16.5. The molecule has 1 aliphatic carbocycles. The van der Waals surface area contributed by atoms with Gasteiger partial charge in [0.15, 0.2) is 0 Å². The first-order valence-electron chi connectivity index (χ1n) is 9.06. The highest BCUT2D eigenvalue weighted by Gasteiger charge is 2.35. The third kappa shape index (κ3) is 3.39. The molecule has 124 valence electrons. The minimum Gasteiger partial charge on any atom is -0.493 e. The molecular weight excluding hydrogens is 294 g/mol. The van der Waals surface area contributed by atoms with E-state index in [9.17, 15) is 0 Å². The fourth-order valence-corrected chi connectivity index (χ4v) is 4.09. The van der Waals surface area contributed by atoms with Gasteiger partial charge in [-0.05, 0) is 36.1 Å². The number of ether oxygens (including phenoxy) is 1. The van der Waals surface area contributed by atoms with E-state index in [0.717, 1.165) is 25.4 Å². The maximum atomic E-state index is 6.05. The Kier molecular flexibility index (Phi) is 4.66. The van der Waals surface area contributed by atoms with Crippen LogP contribution in [0.15, 0.2) is 72.3 Å². The summed E-state index contributed by atoms with van der Waals surface area (Å²) in [5.74, 6) is 1.56. The molecule has 0 spiro atoms. The van der Waals surface area contributed by atoms with Crippen molar-refractivity contribution in [2.24, 2.45) is 5.92 Å². The molecule has 2 heteroatoms. The number of fused-ring (bicyclic) bond motifs is 1. The van der Waals surface area contributed by atoms with Gasteiger partial charge >= 0.3 is 0 Å². The van der Waals surface area contributed by atoms with Gasteiger partial charge in [0.1, 0.15) is 5.75 Å². The number of hydrogen-bond donors (Lipinski definition) is 0. The van der Waals surface area contributed by atoms with Crippen molar-refractivity contribution >= 4 is 0 Å². The first kappa shape index (κ1) is 15.5. The van der Waals surface area contributed by atoms with Crippen molar-refractivity contribution in [3.8, 4) is 5.75 Å². The Balaban J connectivity index is 1.39. The minimum absolute atomic E-state index is 0.574. The predicted molar refractivity (Wildman–Crippen MR) is 98.0 cm³/mol. The monoisotopic (exact) mass is 319 g/mol. The molecule has 2 unspecified atom stereocenters. The van der Waals surface area contributed by atoms with E-state index in [0.29, 0.717) is 12.0 Å². The lowest BCUT2D eigenvalue weighted by Crippen LogP contribution is -2.36. The molecule has 0 aromatic heterocycles. The van der Waals surface area contributed by atoms with Gasteiger partial charge in [0, 0.05) is 25.0 Å². The molecule has 24 heavy (non-hydrogen) atoms. The van der Waals surface area contributed by atoms with E-state index in [1.807, 2.05) is 30.3 Å². The van der Waals surface area contributed by atoms with Crippen LogP contribution in [0.3, 0.4) is 0 Å². The second-order valence-electron chi connectivity index (χ2n) is 6.89. The third-order valence-corrected chi connectivity index (χ3v) is 5.31. The van der Waals surface area contributed by atoms with Crippen LogP contribution in [0.2, 0.25) is 0 Å². The maximum Gasteiger partial charge on any atom is 0.119 e. The average Bonchev–Trinajstić information content (AvgIpc) is 3.05. The first-order chi connectivity index (χ1) is 11.9. The number of rotatable bonds is 5. The number of benzene rings is 2. The van der Waals surface area contributed by atoms with Gasteiger partial charge in [0.05, 0.1) is 6.61 Å². The highest BCUT2D eigenvalue weighted by molar-refractivity contribution is 5.26. The average molecular weight is 319 g/mol. The van der Waals surface area contributed by atoms with E-state index < -0.39 is 0 Å². The number of nitrogens with zero attached hydrogens (tertiary/aromatic N) is 1. The minimum atomic E-state index is 0.574. The molecule has 1 saturated carbocycles. The molecular formula is C22H25NO. The van der Waals surface area contributed by atoms with Crippen LogP contribution in [-0.2, 0) is 6.54 Å². The van der Waals surface area contributed by atoms with Crippen molar-refractivity contribution < 1.29 is 4.74 Å². The molecule has 0 N–H and O–H groups in total. The van der Waals surface area contributed by atoms with Crippen LogP contribution >= 0.6 is 0 Å². The van der Waals surface area contributed by atoms with E-state index in [2.05, 4.69) is 41.3 Å². The zero-order chi connectivity index (χ0) is 16.2. The van der Waals surface area contributed by atoms with Crippen LogP contribution in [0.25, 0.3) is 0 Å². The van der Waals surface area contributed by atoms with Crippen LogP contribution in [0.4, 0.5) is 0 Å². The second-order valence-corrected chi connectivity index (χ2v) is 6.89. The van der Waals surface area contributed by atoms with Crippen molar-refractivity contribution in [1.29, 1.82) is 0 Å². The van der Waals surface area contributed by atoms with Gasteiger partial charge < -0.3 is 4.74 Å². The van der Waals surface area contributed by atoms with E-state index >= 15 is 0 Å². The molecule has 1 heterocycles. The van der Waals surface area contributed by atoms with Gasteiger partial charge in [-0.2, -0.15) is 0 Å². The third-order valence-electron chi connectivity index (χ3n) is 5.31. The van der Waals surface area contributed by atoms with Gasteiger partial charge in [-0.15, -0.1) is 0 Å². The molecule has 0 saturated heterocycles. The van der Waals surface area contributed by atoms with E-state index in [-0.39, 0.29) is 0 Å². The summed E-state index contributed by atoms with van der Waals surface area (Å²) in [6.07, 6.45) is 6.32. The summed E-state index contributed by atoms with van der Waals surface area (Å²) < 4.78 is 6.05. The Labute approximate surface area is 144 Å². The quantitative estimate of drug-likeness (QED) is 0.742. The van der Waals surface area contributed by atoms with Crippen LogP contribution in [0, 0.1) is 5.92 Å². The molecule has 0 bridgehead atoms. The Morgan fingerprint density at radius 1 is 0.917 bits per heavy atom. The molecule has 2 atom stereocenters. The summed E-state index contributed by atoms with van der Waals surface area (Å²) in [4.78, 5) is 2.62. The SMILES string of the molecule is C1=C2C(COc3ccccc3)CCCC2N(Cc2ccccc2)C1. The van der Waals surface area contributed by atoms with E-state index in [1.54, 1.807) is 5.57 Å². The Hall–Kier alpha value is -2.06. The first-order valence-corrected chi connectivity index (χ1v) is 9.06. The van der Waals surface area contributed by atoms with Crippen LogP contribution in [0.5, 0.6) is 5.75 Å². The Morgan fingerprint density at radius 3 is 2.46 bits per heavy atom. The van der Waals surface area contributed by atoms with Gasteiger partial charge in [-0.1, -0.05) is 61.0 Å². The van der Waals surface area contributed by atoms with Crippen molar-refractivity contribution in [2.75, 3.05) is 13.2 Å². The molecule has 2 aliphatic rings. The maximum absolute atomic E-state index is 6.05. The molecule has 0 amide bonds. The fraction of sp³-hybridized carbons (Fsp3) is 0.364. The lowest BCUT2D eigenvalue weighted by molar-refractivity contribution is 0.183. The largest absolute Gasteiger partial charge is 0.493 e. The van der Waals surface area contributed by atoms with Crippen LogP contribution in [0.1, 0.15) is 24.8 Å². The van der Waals surface area contributed by atoms with Gasteiger partial charge in [0.2, 0.25) is 0 Å². The summed E-state index contributed by atoms with van der Waals surface area (Å²) in [5, 5.41) is 0. The second kappa shape index (κ2) is 7.23. The van der Waals surface area contributed by atoms with Crippen molar-refractivity contribution in [3.63, 3.8) is 0 Å². The standard InChI is InChI=1S/C22H25NO/c1-3-8-18(9-4-1)16-23-15-14-21-19(10-7-13-22(21)23)17-24-20-11-5-2-6-12-20/h1-6,8-9,11-12,14,19,22H,7,10,13,15-17H2. The number of para-hydroxylation sites is 1. The Bertz CT molecular complexity index is 680. The van der Waals surface area contributed by atoms with Crippen LogP contribution < -0.4 is 4.74 Å². The molecule has 1 aliphatic heterocycles. The molecule has 2 nitrogen and oxygen atoms in total.